The number of aromatic hydroxyl groups is 1. The molecule has 0 aliphatic carbocycles. The van der Waals surface area contributed by atoms with Crippen molar-refractivity contribution in [2.45, 2.75) is 20.8 Å². The number of rotatable bonds is 0. The summed E-state index contributed by atoms with van der Waals surface area (Å²) in [5.41, 5.74) is 4.40. The van der Waals surface area contributed by atoms with E-state index < -0.39 is 0 Å². The molecule has 0 amide bonds. The molecule has 0 aromatic heterocycles. The zero-order valence-corrected chi connectivity index (χ0v) is 7.52. The van der Waals surface area contributed by atoms with E-state index in [2.05, 4.69) is 6.92 Å². The maximum atomic E-state index is 9.51. The molecule has 1 rings (SSSR count). The summed E-state index contributed by atoms with van der Waals surface area (Å²) in [4.78, 5) is 0. The number of benzene rings is 1. The monoisotopic (exact) mass is 148 g/mol. The number of aryl methyl sites for hydroxylation is 2. The minimum absolute atomic E-state index is 0.438. The maximum Gasteiger partial charge on any atom is 0.144 e. The van der Waals surface area contributed by atoms with Crippen LogP contribution in [0.15, 0.2) is 6.07 Å². The molecule has 1 aromatic carbocycles. The third-order valence-electron chi connectivity index (χ3n) is 2.32. The highest BCUT2D eigenvalue weighted by molar-refractivity contribution is 6.35. The fourth-order valence-electron chi connectivity index (χ4n) is 1.27. The second-order valence-corrected chi connectivity index (χ2v) is 3.11. The van der Waals surface area contributed by atoms with Crippen LogP contribution in [0.4, 0.5) is 0 Å². The third kappa shape index (κ3) is 1.25. The van der Waals surface area contributed by atoms with Crippen molar-refractivity contribution in [2.24, 2.45) is 0 Å². The molecule has 2 heteroatoms. The Balaban J connectivity index is 3.46. The molecule has 0 aliphatic heterocycles. The molecule has 0 bridgehead atoms. The van der Waals surface area contributed by atoms with Crippen molar-refractivity contribution in [3.63, 3.8) is 0 Å². The lowest BCUT2D eigenvalue weighted by Gasteiger charge is -2.09. The second kappa shape index (κ2) is 2.61. The molecule has 1 nitrogen and oxygen atoms in total. The Morgan fingerprint density at radius 3 is 2.27 bits per heavy atom. The minimum Gasteiger partial charge on any atom is -0.508 e. The van der Waals surface area contributed by atoms with E-state index in [1.165, 1.54) is 11.1 Å². The van der Waals surface area contributed by atoms with Gasteiger partial charge in [-0.15, -0.1) is 0 Å². The normalized spacial score (nSPS) is 10.1. The van der Waals surface area contributed by atoms with E-state index in [0.29, 0.717) is 5.75 Å². The van der Waals surface area contributed by atoms with Gasteiger partial charge in [-0.1, -0.05) is 11.6 Å². The topological polar surface area (TPSA) is 20.2 Å². The van der Waals surface area contributed by atoms with Crippen molar-refractivity contribution < 1.29 is 5.11 Å². The second-order valence-electron chi connectivity index (χ2n) is 3.11. The van der Waals surface area contributed by atoms with Crippen LogP contribution < -0.4 is 5.46 Å². The molecule has 58 valence electrons. The molecule has 0 atom stereocenters. The molecule has 0 aliphatic rings. The van der Waals surface area contributed by atoms with Crippen LogP contribution >= 0.6 is 0 Å². The summed E-state index contributed by atoms with van der Waals surface area (Å²) in [6.45, 7) is 6.02. The molecule has 1 aromatic rings. The van der Waals surface area contributed by atoms with Crippen LogP contribution in [0.2, 0.25) is 0 Å². The molecule has 0 saturated heterocycles. The van der Waals surface area contributed by atoms with Gasteiger partial charge in [0.2, 0.25) is 0 Å². The van der Waals surface area contributed by atoms with Crippen molar-refractivity contribution in [3.05, 3.63) is 22.8 Å². The van der Waals surface area contributed by atoms with E-state index in [0.717, 1.165) is 11.0 Å². The average molecular weight is 148 g/mol. The first-order chi connectivity index (χ1) is 5.04. The van der Waals surface area contributed by atoms with Gasteiger partial charge in [-0.05, 0) is 37.4 Å². The Kier molecular flexibility index (Phi) is 1.94. The number of hydrogen-bond acceptors (Lipinski definition) is 1. The average Bonchev–Trinajstić information content (AvgIpc) is 1.97. The summed E-state index contributed by atoms with van der Waals surface area (Å²) in [7, 11) is 1.95. The molecular formula is C9H13BO. The molecule has 0 radical (unpaired) electrons. The predicted octanol–water partition coefficient (Wildman–Crippen LogP) is 0.576. The van der Waals surface area contributed by atoms with Crippen molar-refractivity contribution >= 4 is 13.3 Å². The zero-order chi connectivity index (χ0) is 8.59. The number of phenolic OH excluding ortho intramolecular Hbond substituents is 1. The number of hydrogen-bond donors (Lipinski definition) is 1. The Morgan fingerprint density at radius 2 is 1.73 bits per heavy atom. The molecule has 0 spiro atoms. The fraction of sp³-hybridized carbons (Fsp3) is 0.333. The van der Waals surface area contributed by atoms with Crippen molar-refractivity contribution in [3.8, 4) is 5.75 Å². The summed E-state index contributed by atoms with van der Waals surface area (Å²) in [5, 5.41) is 9.51. The van der Waals surface area contributed by atoms with Gasteiger partial charge >= 0.3 is 0 Å². The molecule has 0 fully saturated rings. The van der Waals surface area contributed by atoms with E-state index in [4.69, 9.17) is 0 Å². The molecule has 0 heterocycles. The summed E-state index contributed by atoms with van der Waals surface area (Å²) in [6, 6.07) is 2.01. The van der Waals surface area contributed by atoms with Gasteiger partial charge < -0.3 is 5.11 Å². The van der Waals surface area contributed by atoms with E-state index in [1.807, 2.05) is 27.8 Å². The first-order valence-electron chi connectivity index (χ1n) is 3.80. The molecule has 0 saturated carbocycles. The fourth-order valence-corrected chi connectivity index (χ4v) is 1.27. The Labute approximate surface area is 68.5 Å². The van der Waals surface area contributed by atoms with Gasteiger partial charge in [0.1, 0.15) is 13.6 Å². The Bertz CT molecular complexity index is 266. The summed E-state index contributed by atoms with van der Waals surface area (Å²) in [6.07, 6.45) is 0. The van der Waals surface area contributed by atoms with Crippen molar-refractivity contribution in [1.29, 1.82) is 0 Å². The van der Waals surface area contributed by atoms with Gasteiger partial charge in [0.15, 0.2) is 0 Å². The maximum absolute atomic E-state index is 9.51. The van der Waals surface area contributed by atoms with E-state index in [1.54, 1.807) is 0 Å². The minimum atomic E-state index is 0.438. The predicted molar refractivity (Wildman–Crippen MR) is 50.5 cm³/mol. The van der Waals surface area contributed by atoms with Crippen LogP contribution in [0.25, 0.3) is 0 Å². The van der Waals surface area contributed by atoms with Crippen LogP contribution in [0.1, 0.15) is 16.7 Å². The van der Waals surface area contributed by atoms with Crippen LogP contribution in [0.5, 0.6) is 5.75 Å². The van der Waals surface area contributed by atoms with Crippen molar-refractivity contribution in [2.75, 3.05) is 0 Å². The Hall–Kier alpha value is -0.915. The van der Waals surface area contributed by atoms with Gasteiger partial charge in [-0.3, -0.25) is 0 Å². The molecule has 1 N–H and O–H groups in total. The molecular weight excluding hydrogens is 135 g/mol. The van der Waals surface area contributed by atoms with Gasteiger partial charge in [0.25, 0.3) is 0 Å². The highest BCUT2D eigenvalue weighted by atomic mass is 16.3. The Morgan fingerprint density at radius 1 is 1.18 bits per heavy atom. The quantitative estimate of drug-likeness (QED) is 0.533. The van der Waals surface area contributed by atoms with Crippen LogP contribution in [-0.4, -0.2) is 13.0 Å². The first-order valence-corrected chi connectivity index (χ1v) is 3.80. The largest absolute Gasteiger partial charge is 0.508 e. The van der Waals surface area contributed by atoms with Crippen LogP contribution in [0.3, 0.4) is 0 Å². The van der Waals surface area contributed by atoms with Crippen LogP contribution in [-0.2, 0) is 0 Å². The van der Waals surface area contributed by atoms with Crippen LogP contribution in [0, 0.1) is 20.8 Å². The van der Waals surface area contributed by atoms with E-state index in [9.17, 15) is 5.11 Å². The third-order valence-corrected chi connectivity index (χ3v) is 2.32. The van der Waals surface area contributed by atoms with Gasteiger partial charge in [-0.2, -0.15) is 0 Å². The molecule has 0 unspecified atom stereocenters. The SMILES string of the molecule is Bc1c(C)c(C)cc(C)c1O. The highest BCUT2D eigenvalue weighted by Gasteiger charge is 2.04. The number of phenols is 1. The smallest absolute Gasteiger partial charge is 0.144 e. The molecule has 11 heavy (non-hydrogen) atoms. The van der Waals surface area contributed by atoms with Gasteiger partial charge in [-0.25, -0.2) is 0 Å². The van der Waals surface area contributed by atoms with Crippen molar-refractivity contribution in [1.82, 2.24) is 0 Å². The van der Waals surface area contributed by atoms with E-state index >= 15 is 0 Å². The van der Waals surface area contributed by atoms with E-state index in [-0.39, 0.29) is 0 Å². The zero-order valence-electron chi connectivity index (χ0n) is 7.52. The first kappa shape index (κ1) is 8.18. The summed E-state index contributed by atoms with van der Waals surface area (Å²) < 4.78 is 0. The lowest BCUT2D eigenvalue weighted by atomic mass is 9.86. The summed E-state index contributed by atoms with van der Waals surface area (Å²) >= 11 is 0. The highest BCUT2D eigenvalue weighted by Crippen LogP contribution is 2.16. The summed E-state index contributed by atoms with van der Waals surface area (Å²) in [5.74, 6) is 0.438. The lowest BCUT2D eigenvalue weighted by Crippen LogP contribution is -2.10. The van der Waals surface area contributed by atoms with Gasteiger partial charge in [0.05, 0.1) is 0 Å². The standard InChI is InChI=1S/C9H13BO/c1-5-4-6(2)9(11)8(10)7(5)3/h4,11H,10H2,1-3H3. The lowest BCUT2D eigenvalue weighted by molar-refractivity contribution is 0.475. The van der Waals surface area contributed by atoms with Gasteiger partial charge in [0, 0.05) is 0 Å².